The molecule has 1 aliphatic heterocycles. The summed E-state index contributed by atoms with van der Waals surface area (Å²) >= 11 is 6.04. The fourth-order valence-corrected chi connectivity index (χ4v) is 3.15. The van der Waals surface area contributed by atoms with Crippen LogP contribution in [-0.4, -0.2) is 42.1 Å². The molecule has 0 bridgehead atoms. The molecule has 2 rings (SSSR count). The number of nitrogens with one attached hydrogen (secondary N) is 1. The van der Waals surface area contributed by atoms with Crippen molar-refractivity contribution in [3.05, 3.63) is 28.8 Å². The molecule has 24 heavy (non-hydrogen) atoms. The van der Waals surface area contributed by atoms with Crippen molar-refractivity contribution >= 4 is 17.5 Å². The first-order chi connectivity index (χ1) is 11.4. The van der Waals surface area contributed by atoms with Gasteiger partial charge in [0, 0.05) is 30.2 Å². The Morgan fingerprint density at radius 2 is 2.04 bits per heavy atom. The molecule has 0 aliphatic carbocycles. The number of halogens is 1. The monoisotopic (exact) mass is 352 g/mol. The molecule has 1 fully saturated rings. The lowest BCUT2D eigenvalue weighted by atomic mass is 10.0. The predicted molar refractivity (Wildman–Crippen MR) is 98.8 cm³/mol. The summed E-state index contributed by atoms with van der Waals surface area (Å²) in [6.45, 7) is 10.4. The van der Waals surface area contributed by atoms with Crippen LogP contribution in [0.25, 0.3) is 0 Å². The summed E-state index contributed by atoms with van der Waals surface area (Å²) in [5.74, 6) is 0.668. The topological polar surface area (TPSA) is 41.6 Å². The van der Waals surface area contributed by atoms with Gasteiger partial charge in [-0.3, -0.25) is 4.79 Å². The first-order valence-corrected chi connectivity index (χ1v) is 9.25. The number of amides is 1. The second kappa shape index (κ2) is 8.72. The average Bonchev–Trinajstić information content (AvgIpc) is 2.56. The van der Waals surface area contributed by atoms with E-state index >= 15 is 0 Å². The summed E-state index contributed by atoms with van der Waals surface area (Å²) in [5.41, 5.74) is 0.950. The lowest BCUT2D eigenvalue weighted by Gasteiger charge is -2.35. The average molecular weight is 353 g/mol. The Bertz CT molecular complexity index is 554. The first kappa shape index (κ1) is 19.1. The minimum atomic E-state index is -0.464. The van der Waals surface area contributed by atoms with Crippen LogP contribution in [0.2, 0.25) is 5.02 Å². The van der Waals surface area contributed by atoms with Crippen LogP contribution >= 0.6 is 11.6 Å². The summed E-state index contributed by atoms with van der Waals surface area (Å²) in [4.78, 5) is 15.0. The molecule has 1 aromatic rings. The molecule has 0 spiro atoms. The van der Waals surface area contributed by atoms with E-state index < -0.39 is 6.10 Å². The van der Waals surface area contributed by atoms with Gasteiger partial charge in [0.05, 0.1) is 0 Å². The van der Waals surface area contributed by atoms with Gasteiger partial charge >= 0.3 is 0 Å². The Balaban J connectivity index is 1.88. The minimum absolute atomic E-state index is 0.0203. The van der Waals surface area contributed by atoms with Gasteiger partial charge in [-0.15, -0.1) is 0 Å². The number of rotatable bonds is 6. The van der Waals surface area contributed by atoms with Gasteiger partial charge in [-0.1, -0.05) is 18.5 Å². The van der Waals surface area contributed by atoms with Gasteiger partial charge in [0.15, 0.2) is 6.10 Å². The van der Waals surface area contributed by atoms with E-state index in [0.717, 1.165) is 31.5 Å². The van der Waals surface area contributed by atoms with E-state index in [4.69, 9.17) is 16.3 Å². The fourth-order valence-electron chi connectivity index (χ4n) is 3.03. The van der Waals surface area contributed by atoms with Gasteiger partial charge in [0.1, 0.15) is 5.75 Å². The van der Waals surface area contributed by atoms with Gasteiger partial charge in [-0.2, -0.15) is 0 Å². The number of likely N-dealkylation sites (tertiary alicyclic amines) is 1. The molecule has 0 aromatic heterocycles. The van der Waals surface area contributed by atoms with Gasteiger partial charge in [-0.05, 0) is 63.8 Å². The summed E-state index contributed by atoms with van der Waals surface area (Å²) < 4.78 is 5.88. The summed E-state index contributed by atoms with van der Waals surface area (Å²) in [6.07, 6.45) is 2.17. The van der Waals surface area contributed by atoms with Crippen LogP contribution in [0.1, 0.15) is 45.6 Å². The van der Waals surface area contributed by atoms with Gasteiger partial charge in [-0.25, -0.2) is 0 Å². The highest BCUT2D eigenvalue weighted by Crippen LogP contribution is 2.22. The third-order valence-electron chi connectivity index (χ3n) is 4.68. The minimum Gasteiger partial charge on any atom is -0.481 e. The third kappa shape index (κ3) is 5.12. The zero-order valence-corrected chi connectivity index (χ0v) is 15.9. The maximum absolute atomic E-state index is 12.5. The number of carbonyl (C=O) groups excluding carboxylic acids is 1. The quantitative estimate of drug-likeness (QED) is 0.846. The molecule has 1 saturated heterocycles. The Hall–Kier alpha value is -1.26. The Morgan fingerprint density at radius 1 is 1.38 bits per heavy atom. The van der Waals surface area contributed by atoms with Crippen LogP contribution in [-0.2, 0) is 4.79 Å². The maximum Gasteiger partial charge on any atom is 0.261 e. The van der Waals surface area contributed by atoms with Crippen LogP contribution in [0.15, 0.2) is 18.2 Å². The predicted octanol–water partition coefficient (Wildman–Crippen LogP) is 3.79. The molecular formula is C19H29ClN2O2. The van der Waals surface area contributed by atoms with Crippen LogP contribution < -0.4 is 10.1 Å². The van der Waals surface area contributed by atoms with E-state index in [1.807, 2.05) is 26.0 Å². The lowest BCUT2D eigenvalue weighted by Crippen LogP contribution is -2.49. The van der Waals surface area contributed by atoms with Crippen LogP contribution in [0.3, 0.4) is 0 Å². The van der Waals surface area contributed by atoms with Crippen molar-refractivity contribution in [3.8, 4) is 5.75 Å². The van der Waals surface area contributed by atoms with E-state index in [1.165, 1.54) is 0 Å². The van der Waals surface area contributed by atoms with Gasteiger partial charge in [0.25, 0.3) is 5.91 Å². The standard InChI is InChI=1S/C19H29ClN2O2/c1-5-18(24-16-6-7-17(20)14(4)12-16)19(23)21-15-8-10-22(11-9-15)13(2)3/h6-7,12-13,15,18H,5,8-11H2,1-4H3,(H,21,23)/t18-/m0/s1. The second-order valence-electron chi connectivity index (χ2n) is 6.84. The smallest absolute Gasteiger partial charge is 0.261 e. The molecule has 1 N–H and O–H groups in total. The Labute approximate surface area is 150 Å². The van der Waals surface area contributed by atoms with Crippen LogP contribution in [0.4, 0.5) is 0 Å². The number of hydrogen-bond acceptors (Lipinski definition) is 3. The molecule has 1 atom stereocenters. The summed E-state index contributed by atoms with van der Waals surface area (Å²) in [6, 6.07) is 6.31. The number of aryl methyl sites for hydroxylation is 1. The van der Waals surface area contributed by atoms with Crippen LogP contribution in [0.5, 0.6) is 5.75 Å². The number of piperidine rings is 1. The van der Waals surface area contributed by atoms with Gasteiger partial charge in [0.2, 0.25) is 0 Å². The molecule has 1 aromatic carbocycles. The van der Waals surface area contributed by atoms with Gasteiger partial charge < -0.3 is 15.0 Å². The van der Waals surface area contributed by atoms with Crippen molar-refractivity contribution in [2.45, 2.75) is 65.1 Å². The largest absolute Gasteiger partial charge is 0.481 e. The van der Waals surface area contributed by atoms with Crippen molar-refractivity contribution in [1.82, 2.24) is 10.2 Å². The molecule has 5 heteroatoms. The van der Waals surface area contributed by atoms with Crippen molar-refractivity contribution in [2.75, 3.05) is 13.1 Å². The number of ether oxygens (including phenoxy) is 1. The van der Waals surface area contributed by atoms with E-state index in [1.54, 1.807) is 6.07 Å². The van der Waals surface area contributed by atoms with E-state index in [0.29, 0.717) is 23.2 Å². The number of hydrogen-bond donors (Lipinski definition) is 1. The number of nitrogens with zero attached hydrogens (tertiary/aromatic N) is 1. The summed E-state index contributed by atoms with van der Waals surface area (Å²) in [7, 11) is 0. The van der Waals surface area contributed by atoms with Crippen molar-refractivity contribution in [2.24, 2.45) is 0 Å². The molecule has 4 nitrogen and oxygen atoms in total. The Morgan fingerprint density at radius 3 is 2.58 bits per heavy atom. The van der Waals surface area contributed by atoms with E-state index in [2.05, 4.69) is 24.1 Å². The number of benzene rings is 1. The number of carbonyl (C=O) groups is 1. The zero-order chi connectivity index (χ0) is 17.7. The highest BCUT2D eigenvalue weighted by atomic mass is 35.5. The van der Waals surface area contributed by atoms with Crippen molar-refractivity contribution in [1.29, 1.82) is 0 Å². The third-order valence-corrected chi connectivity index (χ3v) is 5.10. The second-order valence-corrected chi connectivity index (χ2v) is 7.25. The molecular weight excluding hydrogens is 324 g/mol. The zero-order valence-electron chi connectivity index (χ0n) is 15.1. The Kier molecular flexibility index (Phi) is 6.93. The fraction of sp³-hybridized carbons (Fsp3) is 0.632. The van der Waals surface area contributed by atoms with Crippen molar-refractivity contribution in [3.63, 3.8) is 0 Å². The lowest BCUT2D eigenvalue weighted by molar-refractivity contribution is -0.129. The van der Waals surface area contributed by atoms with Crippen molar-refractivity contribution < 1.29 is 9.53 Å². The van der Waals surface area contributed by atoms with E-state index in [-0.39, 0.29) is 11.9 Å². The SMILES string of the molecule is CC[C@H](Oc1ccc(Cl)c(C)c1)C(=O)NC1CCN(C(C)C)CC1. The van der Waals surface area contributed by atoms with Crippen LogP contribution in [0, 0.1) is 6.92 Å². The maximum atomic E-state index is 12.5. The molecule has 1 amide bonds. The molecule has 134 valence electrons. The molecule has 0 saturated carbocycles. The summed E-state index contributed by atoms with van der Waals surface area (Å²) in [5, 5.41) is 3.86. The normalized spacial score (nSPS) is 17.8. The highest BCUT2D eigenvalue weighted by Gasteiger charge is 2.25. The van der Waals surface area contributed by atoms with E-state index in [9.17, 15) is 4.79 Å². The first-order valence-electron chi connectivity index (χ1n) is 8.88. The molecule has 1 heterocycles. The molecule has 1 aliphatic rings. The molecule has 0 radical (unpaired) electrons. The molecule has 0 unspecified atom stereocenters. The highest BCUT2D eigenvalue weighted by molar-refractivity contribution is 6.31.